The third-order valence-electron chi connectivity index (χ3n) is 8.74. The highest BCUT2D eigenvalue weighted by Crippen LogP contribution is 2.46. The standard InChI is InChI=1S/C28H35N7O2S/c1-16(2)22-23(19-9-21(36-4)26-29-15-30-35(26)10-19)32-33-24(22)27-31-17(3)25(38-27)18-5-7-20(8-6-18)34-11-28(12-34)13-37-14-28/h9-10,15-16,18,20H,5-8,11-14H2,1-4H3,(H,32,33). The van der Waals surface area contributed by atoms with Gasteiger partial charge in [0.2, 0.25) is 0 Å². The van der Waals surface area contributed by atoms with Crippen molar-refractivity contribution < 1.29 is 9.47 Å². The Hall–Kier alpha value is -2.82. The van der Waals surface area contributed by atoms with E-state index in [1.54, 1.807) is 11.6 Å². The molecule has 4 aromatic rings. The molecule has 3 aliphatic rings. The maximum absolute atomic E-state index is 5.60. The van der Waals surface area contributed by atoms with Crippen LogP contribution in [0.5, 0.6) is 5.75 Å². The predicted octanol–water partition coefficient (Wildman–Crippen LogP) is 5.04. The summed E-state index contributed by atoms with van der Waals surface area (Å²) in [5.74, 6) is 1.54. The highest BCUT2D eigenvalue weighted by Gasteiger charge is 2.51. The molecule has 1 aliphatic carbocycles. The molecule has 38 heavy (non-hydrogen) atoms. The zero-order valence-electron chi connectivity index (χ0n) is 22.5. The van der Waals surface area contributed by atoms with E-state index in [2.05, 4.69) is 40.9 Å². The van der Waals surface area contributed by atoms with Crippen molar-refractivity contribution in [2.45, 2.75) is 64.3 Å². The molecule has 0 atom stereocenters. The summed E-state index contributed by atoms with van der Waals surface area (Å²) in [5.41, 5.74) is 6.40. The number of fused-ring (bicyclic) bond motifs is 1. The molecule has 1 spiro atoms. The van der Waals surface area contributed by atoms with Gasteiger partial charge in [0.1, 0.15) is 11.3 Å². The van der Waals surface area contributed by atoms with Gasteiger partial charge in [-0.2, -0.15) is 10.2 Å². The molecule has 0 unspecified atom stereocenters. The maximum atomic E-state index is 5.60. The SMILES string of the molecule is COc1cc(-c2n[nH]c(-c3nc(C)c(C4CCC(N5CC6(COC6)C5)CC4)s3)c2C(C)C)cn2ncnc12. The van der Waals surface area contributed by atoms with Gasteiger partial charge in [-0.25, -0.2) is 14.5 Å². The first-order valence-electron chi connectivity index (χ1n) is 13.7. The number of aromatic nitrogens is 6. The zero-order valence-corrected chi connectivity index (χ0v) is 23.3. The summed E-state index contributed by atoms with van der Waals surface area (Å²) < 4.78 is 12.8. The molecule has 0 bridgehead atoms. The van der Waals surface area contributed by atoms with E-state index < -0.39 is 0 Å². The summed E-state index contributed by atoms with van der Waals surface area (Å²) in [7, 11) is 1.66. The zero-order chi connectivity index (χ0) is 26.0. The fourth-order valence-corrected chi connectivity index (χ4v) is 7.96. The summed E-state index contributed by atoms with van der Waals surface area (Å²) in [6.07, 6.45) is 8.56. The van der Waals surface area contributed by atoms with Gasteiger partial charge in [-0.3, -0.25) is 10.00 Å². The highest BCUT2D eigenvalue weighted by atomic mass is 32.1. The van der Waals surface area contributed by atoms with Gasteiger partial charge in [-0.1, -0.05) is 13.8 Å². The van der Waals surface area contributed by atoms with Crippen LogP contribution >= 0.6 is 11.3 Å². The Bertz CT molecular complexity index is 1470. The monoisotopic (exact) mass is 533 g/mol. The fourth-order valence-electron chi connectivity index (χ4n) is 6.72. The van der Waals surface area contributed by atoms with Crippen molar-refractivity contribution in [3.8, 4) is 27.7 Å². The number of likely N-dealkylation sites (tertiary alicyclic amines) is 1. The van der Waals surface area contributed by atoms with Crippen molar-refractivity contribution in [2.75, 3.05) is 33.4 Å². The lowest BCUT2D eigenvalue weighted by Crippen LogP contribution is -2.68. The van der Waals surface area contributed by atoms with Crippen LogP contribution in [0.3, 0.4) is 0 Å². The van der Waals surface area contributed by atoms with Crippen molar-refractivity contribution in [1.29, 1.82) is 0 Å². The average molecular weight is 534 g/mol. The Morgan fingerprint density at radius 2 is 1.97 bits per heavy atom. The van der Waals surface area contributed by atoms with Gasteiger partial charge >= 0.3 is 0 Å². The minimum absolute atomic E-state index is 0.264. The molecule has 4 aromatic heterocycles. The van der Waals surface area contributed by atoms with Crippen LogP contribution in [0.2, 0.25) is 0 Å². The summed E-state index contributed by atoms with van der Waals surface area (Å²) in [4.78, 5) is 13.5. The fraction of sp³-hybridized carbons (Fsp3) is 0.571. The highest BCUT2D eigenvalue weighted by molar-refractivity contribution is 7.15. The Morgan fingerprint density at radius 3 is 2.66 bits per heavy atom. The van der Waals surface area contributed by atoms with Crippen molar-refractivity contribution in [2.24, 2.45) is 5.41 Å². The lowest BCUT2D eigenvalue weighted by molar-refractivity contribution is -0.200. The Balaban J connectivity index is 1.14. The second-order valence-corrected chi connectivity index (χ2v) is 12.7. The van der Waals surface area contributed by atoms with Gasteiger partial charge in [-0.15, -0.1) is 11.3 Å². The van der Waals surface area contributed by atoms with Crippen molar-refractivity contribution >= 4 is 17.0 Å². The quantitative estimate of drug-likeness (QED) is 0.371. The largest absolute Gasteiger partial charge is 0.493 e. The number of thiazole rings is 1. The van der Waals surface area contributed by atoms with Crippen LogP contribution in [-0.4, -0.2) is 74.1 Å². The van der Waals surface area contributed by atoms with E-state index in [4.69, 9.17) is 19.6 Å². The van der Waals surface area contributed by atoms with E-state index in [-0.39, 0.29) is 5.92 Å². The molecule has 6 heterocycles. The molecule has 0 amide bonds. The van der Waals surface area contributed by atoms with Crippen LogP contribution in [0.4, 0.5) is 0 Å². The average Bonchev–Trinajstić information content (AvgIpc) is 3.60. The van der Waals surface area contributed by atoms with Crippen LogP contribution < -0.4 is 4.74 Å². The molecule has 3 fully saturated rings. The van der Waals surface area contributed by atoms with Crippen molar-refractivity contribution in [3.05, 3.63) is 34.7 Å². The van der Waals surface area contributed by atoms with Crippen LogP contribution in [0.1, 0.15) is 67.5 Å². The smallest absolute Gasteiger partial charge is 0.197 e. The van der Waals surface area contributed by atoms with Crippen molar-refractivity contribution in [3.63, 3.8) is 0 Å². The molecule has 10 heteroatoms. The molecule has 200 valence electrons. The number of methoxy groups -OCH3 is 1. The first-order valence-corrected chi connectivity index (χ1v) is 14.5. The Morgan fingerprint density at radius 1 is 1.18 bits per heavy atom. The molecule has 7 rings (SSSR count). The second-order valence-electron chi connectivity index (χ2n) is 11.7. The second kappa shape index (κ2) is 9.14. The lowest BCUT2D eigenvalue weighted by atomic mass is 9.74. The van der Waals surface area contributed by atoms with Gasteiger partial charge in [0, 0.05) is 46.7 Å². The summed E-state index contributed by atoms with van der Waals surface area (Å²) in [6.45, 7) is 11.0. The lowest BCUT2D eigenvalue weighted by Gasteiger charge is -2.58. The van der Waals surface area contributed by atoms with Crippen LogP contribution in [0, 0.1) is 12.3 Å². The number of ether oxygens (including phenoxy) is 2. The Labute approximate surface area is 226 Å². The normalized spacial score (nSPS) is 23.2. The van der Waals surface area contributed by atoms with Gasteiger partial charge in [0.25, 0.3) is 0 Å². The third kappa shape index (κ3) is 3.87. The molecular weight excluding hydrogens is 498 g/mol. The number of nitrogens with zero attached hydrogens (tertiary/aromatic N) is 6. The van der Waals surface area contributed by atoms with Gasteiger partial charge in [0.05, 0.1) is 37.4 Å². The van der Waals surface area contributed by atoms with Gasteiger partial charge < -0.3 is 9.47 Å². The topological polar surface area (TPSA) is 93.5 Å². The van der Waals surface area contributed by atoms with E-state index in [9.17, 15) is 0 Å². The van der Waals surface area contributed by atoms with E-state index in [0.717, 1.165) is 41.2 Å². The molecule has 1 saturated carbocycles. The van der Waals surface area contributed by atoms with E-state index in [1.807, 2.05) is 23.6 Å². The van der Waals surface area contributed by atoms with Crippen LogP contribution in [0.25, 0.3) is 27.6 Å². The predicted molar refractivity (Wildman–Crippen MR) is 147 cm³/mol. The minimum Gasteiger partial charge on any atom is -0.493 e. The van der Waals surface area contributed by atoms with Crippen LogP contribution in [-0.2, 0) is 4.74 Å². The summed E-state index contributed by atoms with van der Waals surface area (Å²) >= 11 is 1.85. The molecule has 0 radical (unpaired) electrons. The number of nitrogens with one attached hydrogen (secondary N) is 1. The Kier molecular flexibility index (Phi) is 5.83. The minimum atomic E-state index is 0.264. The van der Waals surface area contributed by atoms with Gasteiger partial charge in [0.15, 0.2) is 11.4 Å². The molecule has 2 saturated heterocycles. The molecule has 2 aliphatic heterocycles. The first-order chi connectivity index (χ1) is 18.4. The third-order valence-corrected chi connectivity index (χ3v) is 10.1. The molecular formula is C28H35N7O2S. The number of pyridine rings is 1. The van der Waals surface area contributed by atoms with E-state index >= 15 is 0 Å². The number of aromatic amines is 1. The van der Waals surface area contributed by atoms with E-state index in [1.165, 1.54) is 61.2 Å². The van der Waals surface area contributed by atoms with Crippen molar-refractivity contribution in [1.82, 2.24) is 34.7 Å². The van der Waals surface area contributed by atoms with Gasteiger partial charge in [-0.05, 0) is 50.5 Å². The summed E-state index contributed by atoms with van der Waals surface area (Å²) in [5, 5.41) is 13.5. The molecule has 9 nitrogen and oxygen atoms in total. The van der Waals surface area contributed by atoms with E-state index in [0.29, 0.717) is 22.7 Å². The number of H-pyrrole nitrogens is 1. The first kappa shape index (κ1) is 24.2. The number of hydrogen-bond donors (Lipinski definition) is 1. The molecule has 0 aromatic carbocycles. The number of hydrogen-bond acceptors (Lipinski definition) is 8. The number of aryl methyl sites for hydroxylation is 1. The summed E-state index contributed by atoms with van der Waals surface area (Å²) in [6, 6.07) is 2.73. The molecule has 1 N–H and O–H groups in total. The number of rotatable bonds is 6. The van der Waals surface area contributed by atoms with Crippen LogP contribution in [0.15, 0.2) is 18.6 Å². The maximum Gasteiger partial charge on any atom is 0.197 e.